The summed E-state index contributed by atoms with van der Waals surface area (Å²) >= 11 is 0. The van der Waals surface area contributed by atoms with Crippen molar-refractivity contribution >= 4 is 6.21 Å². The van der Waals surface area contributed by atoms with Gasteiger partial charge in [-0.2, -0.15) is 0 Å². The molecule has 5 fully saturated rings. The molecule has 0 aromatic carbocycles. The summed E-state index contributed by atoms with van der Waals surface area (Å²) in [6.45, 7) is 0.598. The van der Waals surface area contributed by atoms with Gasteiger partial charge in [0.05, 0.1) is 42.7 Å². The highest BCUT2D eigenvalue weighted by molar-refractivity contribution is 5.71. The average Bonchev–Trinajstić information content (AvgIpc) is 3.11. The van der Waals surface area contributed by atoms with E-state index in [0.717, 1.165) is 19.3 Å². The monoisotopic (exact) mass is 421 g/mol. The minimum absolute atomic E-state index is 0.0414. The first-order chi connectivity index (χ1) is 14.4. The topological polar surface area (TPSA) is 89.7 Å². The minimum atomic E-state index is -1.05. The van der Waals surface area contributed by atoms with Gasteiger partial charge in [0.1, 0.15) is 0 Å². The van der Waals surface area contributed by atoms with E-state index in [1.807, 2.05) is 7.11 Å². The Morgan fingerprint density at radius 2 is 1.90 bits per heavy atom. The average molecular weight is 422 g/mol. The number of rotatable bonds is 5. The van der Waals surface area contributed by atoms with Crippen molar-refractivity contribution in [2.75, 3.05) is 35.0 Å². The predicted molar refractivity (Wildman–Crippen MR) is 108 cm³/mol. The van der Waals surface area contributed by atoms with Crippen LogP contribution in [0.3, 0.4) is 0 Å². The molecule has 5 saturated carbocycles. The van der Waals surface area contributed by atoms with Crippen LogP contribution >= 0.6 is 0 Å². The van der Waals surface area contributed by atoms with Gasteiger partial charge >= 0.3 is 0 Å². The molecule has 1 spiro atoms. The lowest BCUT2D eigenvalue weighted by Gasteiger charge is -2.64. The highest BCUT2D eigenvalue weighted by Crippen LogP contribution is 2.78. The second-order valence-electron chi connectivity index (χ2n) is 10.8. The normalized spacial score (nSPS) is 62.1. The maximum Gasteiger partial charge on any atom is 0.0801 e. The lowest BCUT2D eigenvalue weighted by molar-refractivity contribution is -0.232. The first kappa shape index (κ1) is 20.1. The Kier molecular flexibility index (Phi) is 4.19. The van der Waals surface area contributed by atoms with Crippen LogP contribution in [0.4, 0.5) is 0 Å². The molecule has 7 bridgehead atoms. The molecular formula is C23H35NO6. The van der Waals surface area contributed by atoms with Crippen LogP contribution in [-0.4, -0.2) is 87.5 Å². The zero-order valence-electron chi connectivity index (χ0n) is 18.4. The van der Waals surface area contributed by atoms with Crippen molar-refractivity contribution in [1.82, 2.24) is 0 Å². The Bertz CT molecular complexity index is 762. The number of nitrogens with zero attached hydrogens (tertiary/aromatic N) is 1. The second kappa shape index (κ2) is 6.27. The van der Waals surface area contributed by atoms with E-state index in [9.17, 15) is 10.2 Å². The number of aliphatic imine (C=N–C) groups is 1. The Hall–Kier alpha value is -0.570. The van der Waals surface area contributed by atoms with Crippen LogP contribution in [0.15, 0.2) is 4.99 Å². The van der Waals surface area contributed by atoms with Crippen molar-refractivity contribution in [3.05, 3.63) is 0 Å². The van der Waals surface area contributed by atoms with Crippen LogP contribution in [0.1, 0.15) is 25.7 Å². The number of hydrogen-bond donors (Lipinski definition) is 2. The molecule has 7 nitrogen and oxygen atoms in total. The lowest BCUT2D eigenvalue weighted by atomic mass is 9.44. The summed E-state index contributed by atoms with van der Waals surface area (Å²) in [4.78, 5) is 5.19. The van der Waals surface area contributed by atoms with E-state index in [1.54, 1.807) is 21.3 Å². The summed E-state index contributed by atoms with van der Waals surface area (Å²) in [6.07, 6.45) is 4.60. The van der Waals surface area contributed by atoms with Gasteiger partial charge in [-0.1, -0.05) is 0 Å². The summed E-state index contributed by atoms with van der Waals surface area (Å²) in [5.74, 6) is -0.00501. The van der Waals surface area contributed by atoms with Crippen LogP contribution in [0.2, 0.25) is 0 Å². The molecule has 0 saturated heterocycles. The molecule has 0 unspecified atom stereocenters. The molecule has 0 amide bonds. The maximum absolute atomic E-state index is 12.3. The van der Waals surface area contributed by atoms with Crippen LogP contribution in [-0.2, 0) is 18.9 Å². The maximum atomic E-state index is 12.3. The standard InChI is InChI=1S/C23H35NO6/c1-27-10-21-6-5-14(29-3)23-12-7-11-13(28-2)8-22(26,15(12)17(11)25)16(20(23)24-9-21)18(30-4)19(21)23/h9,11-20,25-26H,5-8,10H2,1-4H3/t11-,12-,13-,14+,15-,16+,17+,18+,19-,20-,21+,22-,23+/m1/s1. The molecule has 6 rings (SSSR count). The van der Waals surface area contributed by atoms with Crippen LogP contribution < -0.4 is 0 Å². The minimum Gasteiger partial charge on any atom is -0.392 e. The molecule has 0 radical (unpaired) electrons. The molecule has 30 heavy (non-hydrogen) atoms. The molecule has 168 valence electrons. The molecule has 7 heteroatoms. The fourth-order valence-corrected chi connectivity index (χ4v) is 9.94. The SMILES string of the molecule is COC[C@]12C=N[C@@H]3[C@@H]4[C@H](OC)[C@H]1[C@@]3([C@@H](OC)CC2)[C@@H]1C[C@H]2[C@H](O)[C@@H]1[C@]4(O)C[C@H]2OC. The highest BCUT2D eigenvalue weighted by atomic mass is 16.5. The summed E-state index contributed by atoms with van der Waals surface area (Å²) < 4.78 is 24.0. The van der Waals surface area contributed by atoms with E-state index >= 15 is 0 Å². The second-order valence-corrected chi connectivity index (χ2v) is 10.8. The van der Waals surface area contributed by atoms with Gasteiger partial charge in [0.25, 0.3) is 0 Å². The molecule has 0 aromatic heterocycles. The fraction of sp³-hybridized carbons (Fsp3) is 0.957. The van der Waals surface area contributed by atoms with Gasteiger partial charge in [-0.05, 0) is 25.2 Å². The van der Waals surface area contributed by atoms with Crippen molar-refractivity contribution in [3.8, 4) is 0 Å². The third kappa shape index (κ3) is 1.90. The first-order valence-electron chi connectivity index (χ1n) is 11.5. The molecule has 0 aromatic rings. The van der Waals surface area contributed by atoms with E-state index in [2.05, 4.69) is 6.21 Å². The van der Waals surface area contributed by atoms with E-state index in [-0.39, 0.29) is 64.8 Å². The summed E-state index contributed by atoms with van der Waals surface area (Å²) in [6, 6.07) is -0.0597. The molecule has 5 aliphatic carbocycles. The number of methoxy groups -OCH3 is 4. The zero-order chi connectivity index (χ0) is 21.1. The van der Waals surface area contributed by atoms with E-state index in [0.29, 0.717) is 13.0 Å². The van der Waals surface area contributed by atoms with Crippen molar-refractivity contribution in [1.29, 1.82) is 0 Å². The van der Waals surface area contributed by atoms with Crippen molar-refractivity contribution in [2.24, 2.45) is 45.4 Å². The fourth-order valence-electron chi connectivity index (χ4n) is 9.94. The van der Waals surface area contributed by atoms with E-state index < -0.39 is 11.7 Å². The number of ether oxygens (including phenoxy) is 4. The molecule has 6 aliphatic rings. The number of fused-ring (bicyclic) bond motifs is 2. The third-order valence-electron chi connectivity index (χ3n) is 10.5. The van der Waals surface area contributed by atoms with Gasteiger partial charge < -0.3 is 29.2 Å². The molecule has 1 aliphatic heterocycles. The van der Waals surface area contributed by atoms with E-state index in [4.69, 9.17) is 23.9 Å². The lowest BCUT2D eigenvalue weighted by Crippen LogP contribution is -2.70. The van der Waals surface area contributed by atoms with Crippen LogP contribution in [0, 0.1) is 40.4 Å². The summed E-state index contributed by atoms with van der Waals surface area (Å²) in [7, 11) is 7.04. The highest BCUT2D eigenvalue weighted by Gasteiger charge is 2.85. The molecule has 1 heterocycles. The summed E-state index contributed by atoms with van der Waals surface area (Å²) in [5.41, 5.74) is -1.51. The number of hydrogen-bond acceptors (Lipinski definition) is 7. The Balaban J connectivity index is 1.61. The van der Waals surface area contributed by atoms with Gasteiger partial charge in [0.15, 0.2) is 0 Å². The summed E-state index contributed by atoms with van der Waals surface area (Å²) in [5, 5.41) is 23.7. The zero-order valence-corrected chi connectivity index (χ0v) is 18.4. The van der Waals surface area contributed by atoms with Crippen molar-refractivity contribution < 1.29 is 29.2 Å². The quantitative estimate of drug-likeness (QED) is 0.686. The Labute approximate surface area is 178 Å². The number of aliphatic hydroxyl groups excluding tert-OH is 1. The van der Waals surface area contributed by atoms with E-state index in [1.165, 1.54) is 0 Å². The largest absolute Gasteiger partial charge is 0.392 e. The van der Waals surface area contributed by atoms with Gasteiger partial charge in [0, 0.05) is 75.6 Å². The van der Waals surface area contributed by atoms with Crippen molar-refractivity contribution in [3.63, 3.8) is 0 Å². The molecular weight excluding hydrogens is 386 g/mol. The molecule has 2 N–H and O–H groups in total. The predicted octanol–water partition coefficient (Wildman–Crippen LogP) is 0.905. The van der Waals surface area contributed by atoms with Crippen molar-refractivity contribution in [2.45, 2.75) is 61.7 Å². The third-order valence-corrected chi connectivity index (χ3v) is 10.5. The van der Waals surface area contributed by atoms with Gasteiger partial charge in [-0.25, -0.2) is 0 Å². The number of aliphatic hydroxyl groups is 2. The van der Waals surface area contributed by atoms with Crippen LogP contribution in [0.5, 0.6) is 0 Å². The smallest absolute Gasteiger partial charge is 0.0801 e. The van der Waals surface area contributed by atoms with Gasteiger partial charge in [-0.15, -0.1) is 0 Å². The van der Waals surface area contributed by atoms with Crippen LogP contribution in [0.25, 0.3) is 0 Å². The first-order valence-corrected chi connectivity index (χ1v) is 11.5. The Morgan fingerprint density at radius 1 is 1.10 bits per heavy atom. The van der Waals surface area contributed by atoms with Gasteiger partial charge in [-0.3, -0.25) is 4.99 Å². The molecule has 13 atom stereocenters. The Morgan fingerprint density at radius 3 is 2.57 bits per heavy atom. The van der Waals surface area contributed by atoms with Gasteiger partial charge in [0.2, 0.25) is 0 Å².